The summed E-state index contributed by atoms with van der Waals surface area (Å²) in [5.41, 5.74) is -0.740. The SMILES string of the molecule is CNC(=O)NSc1cccc(C(F)(F)F)c1. The van der Waals surface area contributed by atoms with E-state index in [0.717, 1.165) is 24.1 Å². The molecule has 7 heteroatoms. The molecule has 0 spiro atoms. The van der Waals surface area contributed by atoms with Gasteiger partial charge in [-0.2, -0.15) is 13.2 Å². The fraction of sp³-hybridized carbons (Fsp3) is 0.222. The van der Waals surface area contributed by atoms with Crippen LogP contribution >= 0.6 is 11.9 Å². The molecule has 0 unspecified atom stereocenters. The minimum Gasteiger partial charge on any atom is -0.341 e. The Balaban J connectivity index is 2.72. The number of urea groups is 1. The summed E-state index contributed by atoms with van der Waals surface area (Å²) >= 11 is 0.821. The molecule has 1 aromatic carbocycles. The van der Waals surface area contributed by atoms with Gasteiger partial charge in [-0.1, -0.05) is 6.07 Å². The molecule has 0 heterocycles. The zero-order valence-electron chi connectivity index (χ0n) is 8.26. The highest BCUT2D eigenvalue weighted by Crippen LogP contribution is 2.31. The topological polar surface area (TPSA) is 41.1 Å². The fourth-order valence-electron chi connectivity index (χ4n) is 0.892. The minimum atomic E-state index is -4.37. The number of carbonyl (C=O) groups excluding carboxylic acids is 1. The molecule has 1 rings (SSSR count). The van der Waals surface area contributed by atoms with Crippen LogP contribution in [0.5, 0.6) is 0 Å². The van der Waals surface area contributed by atoms with Gasteiger partial charge < -0.3 is 5.32 Å². The number of rotatable bonds is 2. The standard InChI is InChI=1S/C9H9F3N2OS/c1-13-8(15)14-16-7-4-2-3-6(5-7)9(10,11)12/h2-5H,1H3,(H2,13,14,15). The Labute approximate surface area is 94.5 Å². The summed E-state index contributed by atoms with van der Waals surface area (Å²) in [4.78, 5) is 11.1. The molecule has 16 heavy (non-hydrogen) atoms. The molecule has 0 radical (unpaired) electrons. The van der Waals surface area contributed by atoms with Crippen LogP contribution in [0.25, 0.3) is 0 Å². The number of alkyl halides is 3. The Morgan fingerprint density at radius 2 is 2.06 bits per heavy atom. The van der Waals surface area contributed by atoms with Crippen molar-refractivity contribution in [2.45, 2.75) is 11.1 Å². The van der Waals surface area contributed by atoms with E-state index >= 15 is 0 Å². The van der Waals surface area contributed by atoms with Crippen molar-refractivity contribution in [1.82, 2.24) is 10.0 Å². The summed E-state index contributed by atoms with van der Waals surface area (Å²) in [6.07, 6.45) is -4.37. The largest absolute Gasteiger partial charge is 0.416 e. The predicted molar refractivity (Wildman–Crippen MR) is 54.9 cm³/mol. The number of hydrogen-bond donors (Lipinski definition) is 2. The van der Waals surface area contributed by atoms with Crippen LogP contribution < -0.4 is 10.0 Å². The van der Waals surface area contributed by atoms with E-state index in [1.807, 2.05) is 0 Å². The van der Waals surface area contributed by atoms with Crippen molar-refractivity contribution < 1.29 is 18.0 Å². The third-order valence-electron chi connectivity index (χ3n) is 1.65. The highest BCUT2D eigenvalue weighted by molar-refractivity contribution is 7.98. The van der Waals surface area contributed by atoms with Gasteiger partial charge in [-0.25, -0.2) is 4.79 Å². The molecule has 0 aliphatic carbocycles. The van der Waals surface area contributed by atoms with Gasteiger partial charge in [0.25, 0.3) is 0 Å². The second-order valence-corrected chi connectivity index (χ2v) is 3.69. The average molecular weight is 250 g/mol. The van der Waals surface area contributed by atoms with Crippen LogP contribution in [0.4, 0.5) is 18.0 Å². The van der Waals surface area contributed by atoms with Crippen molar-refractivity contribution in [3.63, 3.8) is 0 Å². The maximum Gasteiger partial charge on any atom is 0.416 e. The van der Waals surface area contributed by atoms with Crippen molar-refractivity contribution in [3.8, 4) is 0 Å². The average Bonchev–Trinajstić information content (AvgIpc) is 2.25. The monoisotopic (exact) mass is 250 g/mol. The Morgan fingerprint density at radius 3 is 2.62 bits per heavy atom. The first-order chi connectivity index (χ1) is 7.43. The number of halogens is 3. The summed E-state index contributed by atoms with van der Waals surface area (Å²) < 4.78 is 39.3. The van der Waals surface area contributed by atoms with E-state index in [2.05, 4.69) is 10.0 Å². The van der Waals surface area contributed by atoms with Gasteiger partial charge in [-0.15, -0.1) is 0 Å². The summed E-state index contributed by atoms with van der Waals surface area (Å²) in [6, 6.07) is 4.25. The number of benzene rings is 1. The van der Waals surface area contributed by atoms with E-state index in [1.54, 1.807) is 0 Å². The molecule has 0 bridgehead atoms. The second kappa shape index (κ2) is 5.11. The van der Waals surface area contributed by atoms with Crippen LogP contribution in [-0.4, -0.2) is 13.1 Å². The molecule has 0 aromatic heterocycles. The number of hydrogen-bond acceptors (Lipinski definition) is 2. The Morgan fingerprint density at radius 1 is 1.38 bits per heavy atom. The van der Waals surface area contributed by atoms with Gasteiger partial charge in [0, 0.05) is 11.9 Å². The Kier molecular flexibility index (Phi) is 4.05. The van der Waals surface area contributed by atoms with Crippen LogP contribution in [-0.2, 0) is 6.18 Å². The fourth-order valence-corrected chi connectivity index (χ4v) is 1.54. The van der Waals surface area contributed by atoms with Crippen LogP contribution in [0, 0.1) is 0 Å². The van der Waals surface area contributed by atoms with E-state index in [1.165, 1.54) is 19.2 Å². The molecule has 1 aromatic rings. The molecule has 0 atom stereocenters. The molecule has 0 aliphatic heterocycles. The van der Waals surface area contributed by atoms with E-state index in [9.17, 15) is 18.0 Å². The normalized spacial score (nSPS) is 11.0. The molecule has 2 N–H and O–H groups in total. The minimum absolute atomic E-state index is 0.318. The van der Waals surface area contributed by atoms with Gasteiger partial charge in [-0.3, -0.25) is 4.72 Å². The van der Waals surface area contributed by atoms with Crippen molar-refractivity contribution in [2.75, 3.05) is 7.05 Å². The summed E-state index contributed by atoms with van der Waals surface area (Å²) in [7, 11) is 1.42. The van der Waals surface area contributed by atoms with Crippen LogP contribution in [0.3, 0.4) is 0 Å². The zero-order valence-corrected chi connectivity index (χ0v) is 9.08. The summed E-state index contributed by atoms with van der Waals surface area (Å²) in [6.45, 7) is 0. The number of carbonyl (C=O) groups is 1. The molecule has 0 saturated heterocycles. The highest BCUT2D eigenvalue weighted by atomic mass is 32.2. The number of nitrogens with one attached hydrogen (secondary N) is 2. The third kappa shape index (κ3) is 3.65. The van der Waals surface area contributed by atoms with Gasteiger partial charge in [0.2, 0.25) is 0 Å². The van der Waals surface area contributed by atoms with Crippen LogP contribution in [0.15, 0.2) is 29.2 Å². The van der Waals surface area contributed by atoms with Crippen molar-refractivity contribution in [2.24, 2.45) is 0 Å². The first kappa shape index (κ1) is 12.7. The van der Waals surface area contributed by atoms with E-state index in [4.69, 9.17) is 0 Å². The molecule has 3 nitrogen and oxygen atoms in total. The maximum absolute atomic E-state index is 12.3. The highest BCUT2D eigenvalue weighted by Gasteiger charge is 2.30. The second-order valence-electron chi connectivity index (χ2n) is 2.81. The lowest BCUT2D eigenvalue weighted by atomic mass is 10.2. The van der Waals surface area contributed by atoms with Crippen LogP contribution in [0.2, 0.25) is 0 Å². The van der Waals surface area contributed by atoms with Crippen molar-refractivity contribution in [3.05, 3.63) is 29.8 Å². The third-order valence-corrected chi connectivity index (χ3v) is 2.43. The molecule has 0 aliphatic rings. The van der Waals surface area contributed by atoms with Gasteiger partial charge in [0.15, 0.2) is 0 Å². The smallest absolute Gasteiger partial charge is 0.341 e. The molecule has 2 amide bonds. The lowest BCUT2D eigenvalue weighted by Gasteiger charge is -2.08. The molecule has 0 saturated carbocycles. The quantitative estimate of drug-likeness (QED) is 0.792. The molecular weight excluding hydrogens is 241 g/mol. The van der Waals surface area contributed by atoms with Crippen molar-refractivity contribution >= 4 is 18.0 Å². The van der Waals surface area contributed by atoms with Crippen molar-refractivity contribution in [1.29, 1.82) is 0 Å². The molecule has 0 fully saturated rings. The Bertz CT molecular complexity index is 381. The van der Waals surface area contributed by atoms with Crippen LogP contribution in [0.1, 0.15) is 5.56 Å². The van der Waals surface area contributed by atoms with Gasteiger partial charge in [0.1, 0.15) is 0 Å². The summed E-state index contributed by atoms with van der Waals surface area (Å²) in [5.74, 6) is 0. The van der Waals surface area contributed by atoms with Gasteiger partial charge >= 0.3 is 12.2 Å². The van der Waals surface area contributed by atoms with Gasteiger partial charge in [0.05, 0.1) is 5.56 Å². The van der Waals surface area contributed by atoms with E-state index in [-0.39, 0.29) is 0 Å². The molecule has 88 valence electrons. The lowest BCUT2D eigenvalue weighted by molar-refractivity contribution is -0.137. The number of amides is 2. The molecular formula is C9H9F3N2OS. The first-order valence-corrected chi connectivity index (χ1v) is 5.07. The zero-order chi connectivity index (χ0) is 12.2. The lowest BCUT2D eigenvalue weighted by Crippen LogP contribution is -2.27. The first-order valence-electron chi connectivity index (χ1n) is 4.25. The Hall–Kier alpha value is -1.37. The summed E-state index contributed by atoms with van der Waals surface area (Å²) in [5, 5.41) is 2.29. The maximum atomic E-state index is 12.3. The predicted octanol–water partition coefficient (Wildman–Crippen LogP) is 2.64. The van der Waals surface area contributed by atoms with E-state index < -0.39 is 17.8 Å². The van der Waals surface area contributed by atoms with Gasteiger partial charge in [-0.05, 0) is 30.1 Å². The van der Waals surface area contributed by atoms with E-state index in [0.29, 0.717) is 4.90 Å².